The molecule has 7 rings (SSSR count). The number of hydrogen-bond acceptors (Lipinski definition) is 6. The summed E-state index contributed by atoms with van der Waals surface area (Å²) in [4.78, 5) is 14.8. The van der Waals surface area contributed by atoms with Gasteiger partial charge < -0.3 is 20.1 Å². The SMILES string of the molecule is O=C(O)[C@H](Cc1ccccc1)N[C@@H]1CC[C@@]2(O)[C@H]3Cc4ccc(O)c5c4[C@@]2(CCN3CC2CC2)[C@H]1O5. The maximum atomic E-state index is 12.6. The van der Waals surface area contributed by atoms with E-state index in [-0.39, 0.29) is 17.8 Å². The third-order valence-electron chi connectivity index (χ3n) is 9.76. The van der Waals surface area contributed by atoms with E-state index >= 15 is 0 Å². The van der Waals surface area contributed by atoms with Crippen LogP contribution < -0.4 is 10.1 Å². The summed E-state index contributed by atoms with van der Waals surface area (Å²) in [6.45, 7) is 1.92. The second-order valence-corrected chi connectivity index (χ2v) is 11.7. The van der Waals surface area contributed by atoms with Gasteiger partial charge in [0.2, 0.25) is 0 Å². The zero-order valence-corrected chi connectivity index (χ0v) is 20.4. The van der Waals surface area contributed by atoms with Crippen LogP contribution in [0.2, 0.25) is 0 Å². The minimum absolute atomic E-state index is 0.0153. The largest absolute Gasteiger partial charge is 0.504 e. The van der Waals surface area contributed by atoms with Gasteiger partial charge >= 0.3 is 5.97 Å². The number of aliphatic carboxylic acids is 1. The maximum Gasteiger partial charge on any atom is 0.321 e. The van der Waals surface area contributed by atoms with Crippen LogP contribution in [0.5, 0.6) is 11.5 Å². The van der Waals surface area contributed by atoms with Crippen molar-refractivity contribution in [2.75, 3.05) is 13.1 Å². The molecule has 0 radical (unpaired) electrons. The van der Waals surface area contributed by atoms with Gasteiger partial charge in [-0.15, -0.1) is 0 Å². The van der Waals surface area contributed by atoms with E-state index in [0.29, 0.717) is 25.0 Å². The van der Waals surface area contributed by atoms with Gasteiger partial charge in [0.05, 0.1) is 11.0 Å². The lowest BCUT2D eigenvalue weighted by atomic mass is 9.48. The van der Waals surface area contributed by atoms with Crippen LogP contribution >= 0.6 is 0 Å². The molecule has 1 saturated heterocycles. The van der Waals surface area contributed by atoms with Crippen molar-refractivity contribution in [2.24, 2.45) is 5.92 Å². The third kappa shape index (κ3) is 3.12. The van der Waals surface area contributed by atoms with Gasteiger partial charge in [-0.3, -0.25) is 15.0 Å². The van der Waals surface area contributed by atoms with Gasteiger partial charge in [0.1, 0.15) is 12.1 Å². The van der Waals surface area contributed by atoms with Gasteiger partial charge in [-0.05, 0) is 74.6 Å². The number of likely N-dealkylation sites (tertiary alicyclic amines) is 1. The summed E-state index contributed by atoms with van der Waals surface area (Å²) in [6, 6.07) is 12.4. The summed E-state index contributed by atoms with van der Waals surface area (Å²) in [5.74, 6) is 0.449. The van der Waals surface area contributed by atoms with Crippen LogP contribution in [0.1, 0.15) is 48.8 Å². The first-order chi connectivity index (χ1) is 17.4. The van der Waals surface area contributed by atoms with Gasteiger partial charge in [-0.2, -0.15) is 0 Å². The summed E-state index contributed by atoms with van der Waals surface area (Å²) in [5.41, 5.74) is 1.47. The number of phenolic OH excluding ortho intramolecular Hbond substituents is 1. The monoisotopic (exact) mass is 490 g/mol. The molecule has 2 bridgehead atoms. The average molecular weight is 491 g/mol. The van der Waals surface area contributed by atoms with Crippen molar-refractivity contribution in [1.29, 1.82) is 0 Å². The van der Waals surface area contributed by atoms with Crippen molar-refractivity contribution in [2.45, 2.75) is 80.2 Å². The predicted octanol–water partition coefficient (Wildman–Crippen LogP) is 2.61. The van der Waals surface area contributed by atoms with Gasteiger partial charge in [0, 0.05) is 24.2 Å². The summed E-state index contributed by atoms with van der Waals surface area (Å²) in [6.07, 6.45) is 5.21. The van der Waals surface area contributed by atoms with Crippen molar-refractivity contribution in [3.63, 3.8) is 0 Å². The predicted molar refractivity (Wildman–Crippen MR) is 133 cm³/mol. The lowest BCUT2D eigenvalue weighted by molar-refractivity contribution is -0.192. The molecule has 2 aliphatic heterocycles. The Labute approximate surface area is 211 Å². The van der Waals surface area contributed by atoms with Crippen LogP contribution in [0.3, 0.4) is 0 Å². The molecular weight excluding hydrogens is 456 g/mol. The fourth-order valence-electron chi connectivity index (χ4n) is 7.98. The molecule has 1 spiro atoms. The topological polar surface area (TPSA) is 102 Å². The second kappa shape index (κ2) is 7.94. The molecular formula is C29H34N2O5. The van der Waals surface area contributed by atoms with Crippen LogP contribution in [-0.4, -0.2) is 69.1 Å². The normalized spacial score (nSPS) is 35.1. The number of hydrogen-bond donors (Lipinski definition) is 4. The highest BCUT2D eigenvalue weighted by molar-refractivity contribution is 5.74. The first kappa shape index (κ1) is 22.6. The molecule has 7 heteroatoms. The van der Waals surface area contributed by atoms with Crippen LogP contribution in [0.4, 0.5) is 0 Å². The van der Waals surface area contributed by atoms with E-state index in [1.54, 1.807) is 6.07 Å². The maximum absolute atomic E-state index is 12.6. The smallest absolute Gasteiger partial charge is 0.321 e. The Morgan fingerprint density at radius 3 is 2.69 bits per heavy atom. The highest BCUT2D eigenvalue weighted by Gasteiger charge is 2.73. The molecule has 3 aliphatic carbocycles. The zero-order chi connectivity index (χ0) is 24.7. The number of nitrogens with one attached hydrogen (secondary N) is 1. The molecule has 0 unspecified atom stereocenters. The molecule has 5 aliphatic rings. The number of benzene rings is 2. The Bertz CT molecular complexity index is 1200. The number of aromatic hydroxyl groups is 1. The zero-order valence-electron chi connectivity index (χ0n) is 20.4. The highest BCUT2D eigenvalue weighted by atomic mass is 16.5. The Kier molecular flexibility index (Phi) is 4.98. The van der Waals surface area contributed by atoms with Crippen molar-refractivity contribution in [3.05, 3.63) is 59.2 Å². The Balaban J connectivity index is 1.26. The van der Waals surface area contributed by atoms with E-state index in [0.717, 1.165) is 48.5 Å². The number of aliphatic hydroxyl groups is 1. The molecule has 2 aromatic rings. The molecule has 4 N–H and O–H groups in total. The van der Waals surface area contributed by atoms with Crippen LogP contribution in [0.25, 0.3) is 0 Å². The number of ether oxygens (including phenoxy) is 1. The number of piperidine rings is 1. The summed E-state index contributed by atoms with van der Waals surface area (Å²) >= 11 is 0. The second-order valence-electron chi connectivity index (χ2n) is 11.7. The summed E-state index contributed by atoms with van der Waals surface area (Å²) in [5, 5.41) is 36.9. The molecule has 2 heterocycles. The summed E-state index contributed by atoms with van der Waals surface area (Å²) < 4.78 is 6.56. The molecule has 2 aromatic carbocycles. The molecule has 6 atom stereocenters. The fourth-order valence-corrected chi connectivity index (χ4v) is 7.98. The average Bonchev–Trinajstić information content (AvgIpc) is 3.61. The van der Waals surface area contributed by atoms with E-state index in [2.05, 4.69) is 10.2 Å². The van der Waals surface area contributed by atoms with Crippen molar-refractivity contribution in [3.8, 4) is 11.5 Å². The van der Waals surface area contributed by atoms with E-state index in [1.165, 1.54) is 12.8 Å². The Morgan fingerprint density at radius 1 is 1.14 bits per heavy atom. The molecule has 0 aromatic heterocycles. The van der Waals surface area contributed by atoms with Gasteiger partial charge in [-0.25, -0.2) is 0 Å². The van der Waals surface area contributed by atoms with E-state index < -0.39 is 29.1 Å². The van der Waals surface area contributed by atoms with E-state index in [9.17, 15) is 20.1 Å². The fraction of sp³-hybridized carbons (Fsp3) is 0.552. The first-order valence-electron chi connectivity index (χ1n) is 13.4. The minimum Gasteiger partial charge on any atom is -0.504 e. The quantitative estimate of drug-likeness (QED) is 0.473. The molecule has 190 valence electrons. The van der Waals surface area contributed by atoms with E-state index in [4.69, 9.17) is 4.74 Å². The van der Waals surface area contributed by atoms with Crippen LogP contribution in [-0.2, 0) is 23.1 Å². The molecule has 0 amide bonds. The van der Waals surface area contributed by atoms with Crippen molar-refractivity contribution < 1.29 is 24.9 Å². The lowest BCUT2D eigenvalue weighted by Crippen LogP contribution is -2.78. The van der Waals surface area contributed by atoms with Crippen LogP contribution in [0, 0.1) is 5.92 Å². The first-order valence-corrected chi connectivity index (χ1v) is 13.4. The number of carboxylic acid groups (broad SMARTS) is 1. The molecule has 2 saturated carbocycles. The van der Waals surface area contributed by atoms with Gasteiger partial charge in [0.15, 0.2) is 11.5 Å². The van der Waals surface area contributed by atoms with Crippen LogP contribution in [0.15, 0.2) is 42.5 Å². The van der Waals surface area contributed by atoms with Crippen molar-refractivity contribution >= 4 is 5.97 Å². The Hall–Kier alpha value is -2.61. The standard InChI is InChI=1S/C29H34N2O5/c32-22-9-8-19-15-23-29(35)11-10-20(30-21(27(33)34)14-17-4-2-1-3-5-17)26-28(29,24(19)25(22)36-26)12-13-31(23)16-18-6-7-18/h1-5,8-9,18,20-21,23,26,30,32,35H,6-7,10-16H2,(H,33,34)/t20-,21+,23-,26+,28+,29-/m1/s1. The molecule has 7 nitrogen and oxygen atoms in total. The highest BCUT2D eigenvalue weighted by Crippen LogP contribution is 2.65. The number of phenols is 1. The molecule has 3 fully saturated rings. The van der Waals surface area contributed by atoms with E-state index in [1.807, 2.05) is 36.4 Å². The minimum atomic E-state index is -0.965. The lowest BCUT2D eigenvalue weighted by Gasteiger charge is -2.64. The molecule has 36 heavy (non-hydrogen) atoms. The number of carbonyl (C=O) groups is 1. The third-order valence-corrected chi connectivity index (χ3v) is 9.76. The van der Waals surface area contributed by atoms with Crippen molar-refractivity contribution in [1.82, 2.24) is 10.2 Å². The van der Waals surface area contributed by atoms with Gasteiger partial charge in [-0.1, -0.05) is 36.4 Å². The number of nitrogens with zero attached hydrogens (tertiary/aromatic N) is 1. The number of carboxylic acids is 1. The Morgan fingerprint density at radius 2 is 1.94 bits per heavy atom. The summed E-state index contributed by atoms with van der Waals surface area (Å²) in [7, 11) is 0. The number of rotatable bonds is 7. The van der Waals surface area contributed by atoms with Gasteiger partial charge in [0.25, 0.3) is 0 Å².